The molecule has 0 fully saturated rings. The Morgan fingerprint density at radius 1 is 1.64 bits per heavy atom. The molecule has 11 heavy (non-hydrogen) atoms. The third kappa shape index (κ3) is 1.70. The summed E-state index contributed by atoms with van der Waals surface area (Å²) in [4.78, 5) is 1.40. The van der Waals surface area contributed by atoms with Crippen LogP contribution in [-0.2, 0) is 11.2 Å². The first-order chi connectivity index (χ1) is 5.45. The predicted octanol–water partition coefficient (Wildman–Crippen LogP) is 2.25. The van der Waals surface area contributed by atoms with Gasteiger partial charge in [0.15, 0.2) is 0 Å². The molecule has 1 aliphatic rings. The summed E-state index contributed by atoms with van der Waals surface area (Å²) < 4.78 is 5.42. The lowest BCUT2D eigenvalue weighted by molar-refractivity contribution is 0.129. The van der Waals surface area contributed by atoms with Crippen LogP contribution in [0.5, 0.6) is 0 Å². The van der Waals surface area contributed by atoms with Gasteiger partial charge in [-0.05, 0) is 11.4 Å². The SMILES string of the molecule is C1=C[C@H](Cc2cccs2)OC1. The molecular weight excluding hydrogens is 156 g/mol. The highest BCUT2D eigenvalue weighted by atomic mass is 32.1. The zero-order valence-corrected chi connectivity index (χ0v) is 7.01. The molecule has 0 amide bonds. The van der Waals surface area contributed by atoms with E-state index in [1.807, 2.05) is 0 Å². The van der Waals surface area contributed by atoms with E-state index in [2.05, 4.69) is 29.7 Å². The van der Waals surface area contributed by atoms with Gasteiger partial charge in [-0.1, -0.05) is 18.2 Å². The second-order valence-electron chi connectivity index (χ2n) is 2.58. The summed E-state index contributed by atoms with van der Waals surface area (Å²) in [6.07, 6.45) is 5.58. The summed E-state index contributed by atoms with van der Waals surface area (Å²) in [5, 5.41) is 2.11. The van der Waals surface area contributed by atoms with Crippen LogP contribution in [0.15, 0.2) is 29.7 Å². The fraction of sp³-hybridized carbons (Fsp3) is 0.333. The first-order valence-electron chi connectivity index (χ1n) is 3.76. The Morgan fingerprint density at radius 3 is 3.27 bits per heavy atom. The average molecular weight is 166 g/mol. The zero-order chi connectivity index (χ0) is 7.52. The molecule has 0 aromatic carbocycles. The summed E-state index contributed by atoms with van der Waals surface area (Å²) >= 11 is 1.80. The molecule has 0 bridgehead atoms. The molecule has 0 aliphatic carbocycles. The molecule has 1 nitrogen and oxygen atoms in total. The second-order valence-corrected chi connectivity index (χ2v) is 3.62. The van der Waals surface area contributed by atoms with E-state index in [0.717, 1.165) is 13.0 Å². The van der Waals surface area contributed by atoms with Gasteiger partial charge in [0.1, 0.15) is 0 Å². The van der Waals surface area contributed by atoms with Gasteiger partial charge in [0.25, 0.3) is 0 Å². The molecule has 0 unspecified atom stereocenters. The molecule has 0 spiro atoms. The van der Waals surface area contributed by atoms with Gasteiger partial charge in [-0.15, -0.1) is 11.3 Å². The smallest absolute Gasteiger partial charge is 0.0809 e. The van der Waals surface area contributed by atoms with Crippen LogP contribution in [0.1, 0.15) is 4.88 Å². The highest BCUT2D eigenvalue weighted by Crippen LogP contribution is 2.15. The third-order valence-electron chi connectivity index (χ3n) is 1.74. The van der Waals surface area contributed by atoms with Gasteiger partial charge in [0.05, 0.1) is 12.7 Å². The quantitative estimate of drug-likeness (QED) is 0.612. The first kappa shape index (κ1) is 7.07. The Bertz CT molecular complexity index is 238. The summed E-state index contributed by atoms with van der Waals surface area (Å²) in [7, 11) is 0. The van der Waals surface area contributed by atoms with Crippen molar-refractivity contribution in [3.05, 3.63) is 34.5 Å². The minimum atomic E-state index is 0.327. The third-order valence-corrected chi connectivity index (χ3v) is 2.64. The molecule has 1 aliphatic heterocycles. The van der Waals surface area contributed by atoms with Crippen molar-refractivity contribution in [2.75, 3.05) is 6.61 Å². The Morgan fingerprint density at radius 2 is 2.64 bits per heavy atom. The van der Waals surface area contributed by atoms with Crippen molar-refractivity contribution >= 4 is 11.3 Å². The maximum atomic E-state index is 5.42. The molecule has 1 aromatic heterocycles. The highest BCUT2D eigenvalue weighted by molar-refractivity contribution is 7.09. The molecular formula is C9H10OS. The lowest BCUT2D eigenvalue weighted by Gasteiger charge is -2.04. The maximum absolute atomic E-state index is 5.42. The fourth-order valence-corrected chi connectivity index (χ4v) is 1.95. The van der Waals surface area contributed by atoms with Crippen LogP contribution in [0.25, 0.3) is 0 Å². The largest absolute Gasteiger partial charge is 0.370 e. The molecule has 1 aromatic rings. The van der Waals surface area contributed by atoms with Crippen molar-refractivity contribution in [2.45, 2.75) is 12.5 Å². The van der Waals surface area contributed by atoms with Crippen LogP contribution in [0, 0.1) is 0 Å². The lowest BCUT2D eigenvalue weighted by Crippen LogP contribution is -2.06. The summed E-state index contributed by atoms with van der Waals surface area (Å²) in [5.74, 6) is 0. The van der Waals surface area contributed by atoms with E-state index in [9.17, 15) is 0 Å². The van der Waals surface area contributed by atoms with Gasteiger partial charge < -0.3 is 4.74 Å². The van der Waals surface area contributed by atoms with Crippen LogP contribution >= 0.6 is 11.3 Å². The molecule has 2 rings (SSSR count). The molecule has 1 atom stereocenters. The molecule has 0 radical (unpaired) electrons. The number of hydrogen-bond donors (Lipinski definition) is 0. The zero-order valence-electron chi connectivity index (χ0n) is 6.19. The summed E-state index contributed by atoms with van der Waals surface area (Å²) in [5.41, 5.74) is 0. The van der Waals surface area contributed by atoms with E-state index in [1.54, 1.807) is 11.3 Å². The van der Waals surface area contributed by atoms with Crippen molar-refractivity contribution in [1.82, 2.24) is 0 Å². The normalized spacial score (nSPS) is 22.7. The van der Waals surface area contributed by atoms with E-state index in [4.69, 9.17) is 4.74 Å². The number of rotatable bonds is 2. The lowest BCUT2D eigenvalue weighted by atomic mass is 10.2. The van der Waals surface area contributed by atoms with Crippen molar-refractivity contribution in [3.63, 3.8) is 0 Å². The molecule has 58 valence electrons. The molecule has 0 N–H and O–H groups in total. The molecule has 2 heteroatoms. The number of thiophene rings is 1. The van der Waals surface area contributed by atoms with Gasteiger partial charge in [-0.3, -0.25) is 0 Å². The van der Waals surface area contributed by atoms with E-state index in [0.29, 0.717) is 6.10 Å². The van der Waals surface area contributed by atoms with Gasteiger partial charge in [-0.2, -0.15) is 0 Å². The van der Waals surface area contributed by atoms with Gasteiger partial charge in [-0.25, -0.2) is 0 Å². The van der Waals surface area contributed by atoms with E-state index < -0.39 is 0 Å². The fourth-order valence-electron chi connectivity index (χ4n) is 1.20. The first-order valence-corrected chi connectivity index (χ1v) is 4.64. The van der Waals surface area contributed by atoms with Crippen LogP contribution in [-0.4, -0.2) is 12.7 Å². The Kier molecular flexibility index (Phi) is 2.06. The molecule has 0 saturated heterocycles. The van der Waals surface area contributed by atoms with E-state index >= 15 is 0 Å². The van der Waals surface area contributed by atoms with Crippen LogP contribution in [0.2, 0.25) is 0 Å². The second kappa shape index (κ2) is 3.20. The summed E-state index contributed by atoms with van der Waals surface area (Å²) in [6, 6.07) is 4.23. The van der Waals surface area contributed by atoms with Crippen molar-refractivity contribution in [2.24, 2.45) is 0 Å². The Hall–Kier alpha value is -0.600. The van der Waals surface area contributed by atoms with Crippen LogP contribution in [0.3, 0.4) is 0 Å². The topological polar surface area (TPSA) is 9.23 Å². The average Bonchev–Trinajstić information content (AvgIpc) is 2.60. The molecule has 0 saturated carbocycles. The minimum Gasteiger partial charge on any atom is -0.370 e. The van der Waals surface area contributed by atoms with E-state index in [-0.39, 0.29) is 0 Å². The predicted molar refractivity (Wildman–Crippen MR) is 46.9 cm³/mol. The van der Waals surface area contributed by atoms with Crippen LogP contribution in [0.4, 0.5) is 0 Å². The van der Waals surface area contributed by atoms with E-state index in [1.165, 1.54) is 4.88 Å². The van der Waals surface area contributed by atoms with Crippen molar-refractivity contribution in [3.8, 4) is 0 Å². The van der Waals surface area contributed by atoms with Crippen molar-refractivity contribution in [1.29, 1.82) is 0 Å². The highest BCUT2D eigenvalue weighted by Gasteiger charge is 2.09. The number of ether oxygens (including phenoxy) is 1. The Balaban J connectivity index is 1.95. The van der Waals surface area contributed by atoms with Crippen molar-refractivity contribution < 1.29 is 4.74 Å². The molecule has 2 heterocycles. The minimum absolute atomic E-state index is 0.327. The monoisotopic (exact) mass is 166 g/mol. The summed E-state index contributed by atoms with van der Waals surface area (Å²) in [6.45, 7) is 0.788. The van der Waals surface area contributed by atoms with Gasteiger partial charge >= 0.3 is 0 Å². The van der Waals surface area contributed by atoms with Gasteiger partial charge in [0, 0.05) is 11.3 Å². The maximum Gasteiger partial charge on any atom is 0.0809 e. The Labute approximate surface area is 70.3 Å². The standard InChI is InChI=1S/C9H10OS/c1-3-8(10-5-1)7-9-4-2-6-11-9/h1-4,6,8H,5,7H2/t8-/m1/s1. The van der Waals surface area contributed by atoms with Crippen LogP contribution < -0.4 is 0 Å². The number of hydrogen-bond acceptors (Lipinski definition) is 2. The van der Waals surface area contributed by atoms with Gasteiger partial charge in [0.2, 0.25) is 0 Å².